The van der Waals surface area contributed by atoms with Crippen LogP contribution in [0.3, 0.4) is 0 Å². The number of esters is 5. The Bertz CT molecular complexity index is 604. The van der Waals surface area contributed by atoms with E-state index in [0.717, 1.165) is 32.5 Å². The van der Waals surface area contributed by atoms with Crippen LogP contribution >= 0.6 is 11.8 Å². The van der Waals surface area contributed by atoms with E-state index < -0.39 is 58.8 Å². The molecule has 0 spiro atoms. The Morgan fingerprint density at radius 1 is 0.741 bits per heavy atom. The van der Waals surface area contributed by atoms with Crippen molar-refractivity contribution in [2.24, 2.45) is 0 Å². The van der Waals surface area contributed by atoms with Gasteiger partial charge in [-0.15, -0.1) is 11.8 Å². The molecule has 0 aromatic rings. The third-order valence-corrected chi connectivity index (χ3v) is 4.75. The Labute approximate surface area is 160 Å². The second-order valence-electron chi connectivity index (χ2n) is 5.68. The van der Waals surface area contributed by atoms with Crippen LogP contribution in [0.2, 0.25) is 0 Å². The van der Waals surface area contributed by atoms with Crippen LogP contribution in [0.1, 0.15) is 34.6 Å². The molecule has 0 aromatic carbocycles. The molecule has 11 heteroatoms. The first-order chi connectivity index (χ1) is 12.5. The van der Waals surface area contributed by atoms with Crippen LogP contribution < -0.4 is 0 Å². The highest BCUT2D eigenvalue weighted by Crippen LogP contribution is 2.41. The van der Waals surface area contributed by atoms with Gasteiger partial charge in [0.05, 0.1) is 5.25 Å². The minimum absolute atomic E-state index is 0.316. The van der Waals surface area contributed by atoms with Gasteiger partial charge in [-0.3, -0.25) is 24.0 Å². The van der Waals surface area contributed by atoms with E-state index in [9.17, 15) is 24.0 Å². The molecule has 10 nitrogen and oxygen atoms in total. The van der Waals surface area contributed by atoms with E-state index in [2.05, 4.69) is 0 Å². The largest absolute Gasteiger partial charge is 0.462 e. The fourth-order valence-electron chi connectivity index (χ4n) is 2.46. The lowest BCUT2D eigenvalue weighted by Gasteiger charge is -2.28. The number of carbonyl (C=O) groups is 5. The first-order valence-electron chi connectivity index (χ1n) is 7.99. The van der Waals surface area contributed by atoms with E-state index in [1.807, 2.05) is 0 Å². The lowest BCUT2D eigenvalue weighted by atomic mass is 10.1. The number of hydrogen-bond acceptors (Lipinski definition) is 11. The third-order valence-electron chi connectivity index (χ3n) is 3.23. The maximum Gasteiger partial charge on any atom is 0.303 e. The molecule has 0 amide bonds. The molecule has 0 N–H and O–H groups in total. The normalized spacial score (nSPS) is 25.1. The van der Waals surface area contributed by atoms with Crippen LogP contribution in [0.15, 0.2) is 0 Å². The molecular weight excluding hydrogens is 384 g/mol. The lowest BCUT2D eigenvalue weighted by molar-refractivity contribution is -0.176. The summed E-state index contributed by atoms with van der Waals surface area (Å²) in [6.07, 6.45) is -3.25. The summed E-state index contributed by atoms with van der Waals surface area (Å²) in [6, 6.07) is 0. The van der Waals surface area contributed by atoms with Crippen LogP contribution in [0.4, 0.5) is 0 Å². The molecule has 0 aliphatic carbocycles. The quantitative estimate of drug-likeness (QED) is 0.428. The number of thioether (sulfide) groups is 1. The lowest BCUT2D eigenvalue weighted by Crippen LogP contribution is -2.46. The van der Waals surface area contributed by atoms with Crippen LogP contribution in [0.25, 0.3) is 0 Å². The van der Waals surface area contributed by atoms with Crippen LogP contribution in [0, 0.1) is 0 Å². The second-order valence-corrected chi connectivity index (χ2v) is 6.96. The first kappa shape index (κ1) is 22.7. The Hall–Kier alpha value is -2.30. The average Bonchev–Trinajstić information content (AvgIpc) is 2.79. The Kier molecular flexibility index (Phi) is 8.54. The highest BCUT2D eigenvalue weighted by molar-refractivity contribution is 8.00. The molecule has 0 radical (unpaired) electrons. The summed E-state index contributed by atoms with van der Waals surface area (Å²) in [4.78, 5) is 57.0. The molecular formula is C16H22O10S. The fraction of sp³-hybridized carbons (Fsp3) is 0.688. The molecule has 1 rings (SSSR count). The predicted molar refractivity (Wildman–Crippen MR) is 90.2 cm³/mol. The summed E-state index contributed by atoms with van der Waals surface area (Å²) in [5, 5.41) is -0.814. The van der Waals surface area contributed by atoms with Crippen molar-refractivity contribution in [1.29, 1.82) is 0 Å². The maximum atomic E-state index is 11.5. The van der Waals surface area contributed by atoms with E-state index >= 15 is 0 Å². The standard InChI is InChI=1S/C16H22O10S/c1-7(17)22-6-12(23-8(2)18)15-13(24-9(3)19)14(25-10(4)20)16(27-15)26-11(5)21/h12-16H,6H2,1-5H3/t12-,13-,14-,15-,16?/m1/s1. The first-order valence-corrected chi connectivity index (χ1v) is 8.93. The highest BCUT2D eigenvalue weighted by atomic mass is 32.2. The summed E-state index contributed by atoms with van der Waals surface area (Å²) in [5.41, 5.74) is -1.00. The Morgan fingerprint density at radius 2 is 1.26 bits per heavy atom. The van der Waals surface area contributed by atoms with E-state index in [0.29, 0.717) is 0 Å². The zero-order valence-corrected chi connectivity index (χ0v) is 16.4. The predicted octanol–water partition coefficient (Wildman–Crippen LogP) is 0.349. The summed E-state index contributed by atoms with van der Waals surface area (Å²) in [6.45, 7) is 5.49. The Morgan fingerprint density at radius 3 is 1.70 bits per heavy atom. The van der Waals surface area contributed by atoms with Gasteiger partial charge in [0.15, 0.2) is 23.7 Å². The van der Waals surface area contributed by atoms with E-state index in [1.54, 1.807) is 0 Å². The summed E-state index contributed by atoms with van der Waals surface area (Å²) >= 11 is 0.975. The SMILES string of the molecule is CC(=O)OC[C@@H](OC(C)=O)[C@H]1SC(OC(C)=O)[C@H](OC(C)=O)[C@H]1OC(C)=O. The van der Waals surface area contributed by atoms with Crippen LogP contribution in [-0.2, 0) is 47.7 Å². The van der Waals surface area contributed by atoms with Crippen molar-refractivity contribution < 1.29 is 47.7 Å². The molecule has 0 aromatic heterocycles. The number of rotatable bonds is 7. The Balaban J connectivity index is 3.20. The monoisotopic (exact) mass is 406 g/mol. The molecule has 1 aliphatic heterocycles. The van der Waals surface area contributed by atoms with E-state index in [1.165, 1.54) is 13.8 Å². The molecule has 0 bridgehead atoms. The highest BCUT2D eigenvalue weighted by Gasteiger charge is 2.54. The van der Waals surface area contributed by atoms with Crippen molar-refractivity contribution in [3.8, 4) is 0 Å². The van der Waals surface area contributed by atoms with Gasteiger partial charge in [0.1, 0.15) is 6.61 Å². The van der Waals surface area contributed by atoms with Gasteiger partial charge in [0.2, 0.25) is 0 Å². The molecule has 1 saturated heterocycles. The molecule has 1 fully saturated rings. The van der Waals surface area contributed by atoms with Gasteiger partial charge in [-0.1, -0.05) is 0 Å². The van der Waals surface area contributed by atoms with Crippen molar-refractivity contribution in [3.63, 3.8) is 0 Å². The van der Waals surface area contributed by atoms with E-state index in [4.69, 9.17) is 23.7 Å². The van der Waals surface area contributed by atoms with Gasteiger partial charge >= 0.3 is 29.8 Å². The average molecular weight is 406 g/mol. The van der Waals surface area contributed by atoms with Gasteiger partial charge in [0.25, 0.3) is 0 Å². The van der Waals surface area contributed by atoms with Crippen LogP contribution in [0.5, 0.6) is 0 Å². The summed E-state index contributed by atoms with van der Waals surface area (Å²) < 4.78 is 25.7. The number of ether oxygens (including phenoxy) is 5. The second kappa shape index (κ2) is 10.1. The van der Waals surface area contributed by atoms with Crippen molar-refractivity contribution in [1.82, 2.24) is 0 Å². The van der Waals surface area contributed by atoms with Gasteiger partial charge in [-0.05, 0) is 0 Å². The van der Waals surface area contributed by atoms with Gasteiger partial charge in [-0.25, -0.2) is 0 Å². The minimum Gasteiger partial charge on any atom is -0.462 e. The zero-order chi connectivity index (χ0) is 20.7. The topological polar surface area (TPSA) is 132 Å². The molecule has 1 heterocycles. The molecule has 152 valence electrons. The molecule has 27 heavy (non-hydrogen) atoms. The van der Waals surface area contributed by atoms with Crippen molar-refractivity contribution in [2.75, 3.05) is 6.61 Å². The van der Waals surface area contributed by atoms with Crippen molar-refractivity contribution >= 4 is 41.6 Å². The summed E-state index contributed by atoms with van der Waals surface area (Å²) in [5.74, 6) is -3.27. The third kappa shape index (κ3) is 7.45. The van der Waals surface area contributed by atoms with E-state index in [-0.39, 0.29) is 6.61 Å². The smallest absolute Gasteiger partial charge is 0.303 e. The molecule has 0 saturated carbocycles. The molecule has 1 unspecified atom stereocenters. The molecule has 1 aliphatic rings. The number of carbonyl (C=O) groups excluding carboxylic acids is 5. The van der Waals surface area contributed by atoms with Gasteiger partial charge < -0.3 is 23.7 Å². The fourth-order valence-corrected chi connectivity index (χ4v) is 4.00. The summed E-state index contributed by atoms with van der Waals surface area (Å²) in [7, 11) is 0. The van der Waals surface area contributed by atoms with Crippen molar-refractivity contribution in [3.05, 3.63) is 0 Å². The number of hydrogen-bond donors (Lipinski definition) is 0. The van der Waals surface area contributed by atoms with Gasteiger partial charge in [-0.2, -0.15) is 0 Å². The maximum absolute atomic E-state index is 11.5. The van der Waals surface area contributed by atoms with Crippen molar-refractivity contribution in [2.45, 2.75) is 63.6 Å². The molecule has 5 atom stereocenters. The minimum atomic E-state index is -1.12. The zero-order valence-electron chi connectivity index (χ0n) is 15.6. The van der Waals surface area contributed by atoms with Gasteiger partial charge in [0, 0.05) is 34.6 Å². The van der Waals surface area contributed by atoms with Crippen LogP contribution in [-0.4, -0.2) is 65.5 Å².